The van der Waals surface area contributed by atoms with Crippen LogP contribution in [0.4, 0.5) is 18.9 Å². The minimum atomic E-state index is -3.86. The van der Waals surface area contributed by atoms with E-state index in [1.165, 1.54) is 34.6 Å². The van der Waals surface area contributed by atoms with Crippen molar-refractivity contribution in [3.05, 3.63) is 53.3 Å². The Morgan fingerprint density at radius 2 is 1.90 bits per heavy atom. The molecular weight excluding hydrogens is 445 g/mol. The lowest BCUT2D eigenvalue weighted by Crippen LogP contribution is -2.43. The molecule has 1 fully saturated rings. The number of hydrogen-bond donors (Lipinski definition) is 1. The van der Waals surface area contributed by atoms with Crippen molar-refractivity contribution in [2.45, 2.75) is 24.3 Å². The number of rotatable bonds is 6. The fourth-order valence-corrected chi connectivity index (χ4v) is 4.89. The van der Waals surface area contributed by atoms with Gasteiger partial charge in [-0.15, -0.1) is 0 Å². The first kappa shape index (κ1) is 22.4. The minimum Gasteiger partial charge on any atom is -0.433 e. The van der Waals surface area contributed by atoms with Crippen LogP contribution in [0.15, 0.2) is 47.4 Å². The summed E-state index contributed by atoms with van der Waals surface area (Å²) in [6.45, 7) is -2.82. The predicted octanol–water partition coefficient (Wildman–Crippen LogP) is 4.12. The summed E-state index contributed by atoms with van der Waals surface area (Å²) in [6, 6.07) is 8.32. The van der Waals surface area contributed by atoms with Crippen LogP contribution in [-0.4, -0.2) is 38.3 Å². The number of alkyl halides is 2. The summed E-state index contributed by atoms with van der Waals surface area (Å²) in [5.41, 5.74) is 0.269. The molecule has 0 spiro atoms. The number of benzene rings is 2. The minimum absolute atomic E-state index is 0.0359. The van der Waals surface area contributed by atoms with Crippen molar-refractivity contribution < 1.29 is 31.1 Å². The van der Waals surface area contributed by atoms with Crippen LogP contribution in [0.25, 0.3) is 0 Å². The molecule has 0 aliphatic carbocycles. The zero-order valence-electron chi connectivity index (χ0n) is 15.5. The van der Waals surface area contributed by atoms with Gasteiger partial charge in [-0.25, -0.2) is 12.8 Å². The van der Waals surface area contributed by atoms with Crippen LogP contribution in [-0.2, 0) is 14.8 Å². The van der Waals surface area contributed by atoms with Crippen molar-refractivity contribution in [3.63, 3.8) is 0 Å². The molecule has 2 aromatic rings. The summed E-state index contributed by atoms with van der Waals surface area (Å²) >= 11 is 5.88. The summed E-state index contributed by atoms with van der Waals surface area (Å²) in [4.78, 5) is 12.6. The van der Waals surface area contributed by atoms with E-state index in [0.717, 1.165) is 12.1 Å². The Hall–Kier alpha value is -2.30. The van der Waals surface area contributed by atoms with E-state index in [2.05, 4.69) is 10.1 Å². The average Bonchev–Trinajstić information content (AvgIpc) is 2.70. The molecule has 0 bridgehead atoms. The van der Waals surface area contributed by atoms with Gasteiger partial charge in [0.2, 0.25) is 15.9 Å². The summed E-state index contributed by atoms with van der Waals surface area (Å²) < 4.78 is 68.7. The van der Waals surface area contributed by atoms with E-state index in [-0.39, 0.29) is 34.4 Å². The van der Waals surface area contributed by atoms with Crippen molar-refractivity contribution in [1.82, 2.24) is 4.31 Å². The van der Waals surface area contributed by atoms with Gasteiger partial charge in [0.1, 0.15) is 11.6 Å². The molecule has 1 heterocycles. The zero-order chi connectivity index (χ0) is 21.9. The van der Waals surface area contributed by atoms with E-state index in [1.807, 2.05) is 0 Å². The molecule has 0 aromatic heterocycles. The zero-order valence-corrected chi connectivity index (χ0v) is 17.1. The largest absolute Gasteiger partial charge is 0.433 e. The van der Waals surface area contributed by atoms with E-state index in [9.17, 15) is 26.4 Å². The molecule has 3 rings (SSSR count). The number of amides is 1. The van der Waals surface area contributed by atoms with Crippen LogP contribution in [0.1, 0.15) is 12.8 Å². The molecule has 1 amide bonds. The highest BCUT2D eigenvalue weighted by Crippen LogP contribution is 2.30. The second-order valence-electron chi connectivity index (χ2n) is 6.67. The molecule has 1 N–H and O–H groups in total. The van der Waals surface area contributed by atoms with Crippen molar-refractivity contribution >= 4 is 33.2 Å². The smallest absolute Gasteiger partial charge is 0.387 e. The van der Waals surface area contributed by atoms with Gasteiger partial charge in [-0.3, -0.25) is 4.79 Å². The van der Waals surface area contributed by atoms with Gasteiger partial charge in [0.05, 0.1) is 15.8 Å². The second-order valence-corrected chi connectivity index (χ2v) is 9.01. The molecule has 1 saturated heterocycles. The lowest BCUT2D eigenvalue weighted by Gasteiger charge is -2.31. The van der Waals surface area contributed by atoms with Gasteiger partial charge < -0.3 is 10.1 Å². The Bertz CT molecular complexity index is 1020. The lowest BCUT2D eigenvalue weighted by molar-refractivity contribution is -0.120. The number of hydrogen-bond acceptors (Lipinski definition) is 4. The van der Waals surface area contributed by atoms with Crippen LogP contribution < -0.4 is 10.1 Å². The number of carbonyl (C=O) groups excluding carboxylic acids is 1. The maximum absolute atomic E-state index is 13.1. The van der Waals surface area contributed by atoms with Crippen molar-refractivity contribution in [3.8, 4) is 5.75 Å². The highest BCUT2D eigenvalue weighted by Gasteiger charge is 2.33. The predicted molar refractivity (Wildman–Crippen MR) is 105 cm³/mol. The molecule has 1 aliphatic rings. The second kappa shape index (κ2) is 9.23. The van der Waals surface area contributed by atoms with Crippen molar-refractivity contribution in [1.29, 1.82) is 0 Å². The van der Waals surface area contributed by atoms with Crippen LogP contribution in [0, 0.1) is 11.7 Å². The Kier molecular flexibility index (Phi) is 6.89. The summed E-state index contributed by atoms with van der Waals surface area (Å²) in [7, 11) is -3.86. The van der Waals surface area contributed by atoms with Gasteiger partial charge in [-0.2, -0.15) is 13.1 Å². The third-order valence-corrected chi connectivity index (χ3v) is 6.80. The first-order valence-electron chi connectivity index (χ1n) is 8.98. The summed E-state index contributed by atoms with van der Waals surface area (Å²) in [6.07, 6.45) is 0.946. The van der Waals surface area contributed by atoms with E-state index >= 15 is 0 Å². The van der Waals surface area contributed by atoms with E-state index < -0.39 is 34.3 Å². The van der Waals surface area contributed by atoms with Crippen molar-refractivity contribution in [2.24, 2.45) is 5.92 Å². The van der Waals surface area contributed by atoms with Gasteiger partial charge in [0.15, 0.2) is 0 Å². The van der Waals surface area contributed by atoms with E-state index in [0.29, 0.717) is 12.8 Å². The van der Waals surface area contributed by atoms with Crippen LogP contribution >= 0.6 is 11.6 Å². The van der Waals surface area contributed by atoms with Crippen LogP contribution in [0.3, 0.4) is 0 Å². The number of sulfonamides is 1. The maximum atomic E-state index is 13.1. The molecule has 1 atom stereocenters. The third kappa shape index (κ3) is 5.24. The Labute approximate surface area is 176 Å². The molecule has 11 heteroatoms. The number of anilines is 1. The normalized spacial score (nSPS) is 17.7. The number of nitrogens with one attached hydrogen (secondary N) is 1. The first-order chi connectivity index (χ1) is 14.2. The summed E-state index contributed by atoms with van der Waals surface area (Å²) in [5.74, 6) is -1.82. The molecule has 6 nitrogen and oxygen atoms in total. The Morgan fingerprint density at radius 3 is 2.53 bits per heavy atom. The number of nitrogens with zero attached hydrogens (tertiary/aromatic N) is 1. The average molecular weight is 463 g/mol. The molecule has 1 aliphatic heterocycles. The maximum Gasteiger partial charge on any atom is 0.387 e. The number of ether oxygens (including phenoxy) is 1. The van der Waals surface area contributed by atoms with Gasteiger partial charge in [-0.05, 0) is 55.3 Å². The van der Waals surface area contributed by atoms with Crippen LogP contribution in [0.5, 0.6) is 5.75 Å². The quantitative estimate of drug-likeness (QED) is 0.700. The first-order valence-corrected chi connectivity index (χ1v) is 10.8. The molecule has 2 aromatic carbocycles. The Balaban J connectivity index is 1.68. The molecule has 0 radical (unpaired) electrons. The Morgan fingerprint density at radius 1 is 1.20 bits per heavy atom. The fourth-order valence-electron chi connectivity index (χ4n) is 3.14. The topological polar surface area (TPSA) is 75.7 Å². The van der Waals surface area contributed by atoms with Gasteiger partial charge in [-0.1, -0.05) is 11.6 Å². The monoisotopic (exact) mass is 462 g/mol. The standard InChI is InChI=1S/C19H18ClF3N2O4S/c20-16-10-14(5-8-17(16)29-19(22)23)24-18(26)12-2-1-9-25(11-12)30(27,28)15-6-3-13(21)4-7-15/h3-8,10,12,19H,1-2,9,11H2,(H,24,26)/t12-/m0/s1. The fraction of sp³-hybridized carbons (Fsp3) is 0.316. The van der Waals surface area contributed by atoms with E-state index in [1.54, 1.807) is 0 Å². The molecule has 30 heavy (non-hydrogen) atoms. The molecule has 162 valence electrons. The highest BCUT2D eigenvalue weighted by atomic mass is 35.5. The third-order valence-electron chi connectivity index (χ3n) is 4.62. The van der Waals surface area contributed by atoms with Gasteiger partial charge in [0.25, 0.3) is 0 Å². The van der Waals surface area contributed by atoms with E-state index in [4.69, 9.17) is 11.6 Å². The number of piperidine rings is 1. The van der Waals surface area contributed by atoms with Gasteiger partial charge >= 0.3 is 6.61 Å². The molecule has 0 saturated carbocycles. The summed E-state index contributed by atoms with van der Waals surface area (Å²) in [5, 5.41) is 2.51. The number of halogens is 4. The lowest BCUT2D eigenvalue weighted by atomic mass is 9.98. The van der Waals surface area contributed by atoms with Gasteiger partial charge in [0, 0.05) is 18.8 Å². The van der Waals surface area contributed by atoms with Crippen LogP contribution in [0.2, 0.25) is 5.02 Å². The molecular formula is C19H18ClF3N2O4S. The highest BCUT2D eigenvalue weighted by molar-refractivity contribution is 7.89. The molecule has 0 unspecified atom stereocenters. The van der Waals surface area contributed by atoms with Crippen molar-refractivity contribution in [2.75, 3.05) is 18.4 Å². The SMILES string of the molecule is O=C(Nc1ccc(OC(F)F)c(Cl)c1)[C@H]1CCCN(S(=O)(=O)c2ccc(F)cc2)C1. The number of carbonyl (C=O) groups is 1.